The van der Waals surface area contributed by atoms with E-state index in [1.807, 2.05) is 13.0 Å². The highest BCUT2D eigenvalue weighted by molar-refractivity contribution is 5.47. The molecule has 0 saturated heterocycles. The van der Waals surface area contributed by atoms with Crippen molar-refractivity contribution in [2.45, 2.75) is 105 Å². The minimum Gasteiger partial charge on any atom is -0.508 e. The Morgan fingerprint density at radius 1 is 1.00 bits per heavy atom. The molecule has 0 radical (unpaired) electrons. The van der Waals surface area contributed by atoms with Crippen LogP contribution >= 0.6 is 0 Å². The Labute approximate surface area is 184 Å². The Hall–Kier alpha value is -1.96. The zero-order valence-corrected chi connectivity index (χ0v) is 20.1. The van der Waals surface area contributed by atoms with Crippen molar-refractivity contribution in [3.05, 3.63) is 58.2 Å². The third kappa shape index (κ3) is 7.70. The van der Waals surface area contributed by atoms with E-state index >= 15 is 0 Å². The van der Waals surface area contributed by atoms with Crippen molar-refractivity contribution in [2.75, 3.05) is 0 Å². The second-order valence-electron chi connectivity index (χ2n) is 9.42. The number of fused-ring (bicyclic) bond motifs is 1. The molecule has 0 fully saturated rings. The van der Waals surface area contributed by atoms with Gasteiger partial charge in [0.05, 0.1) is 0 Å². The van der Waals surface area contributed by atoms with Gasteiger partial charge in [-0.15, -0.1) is 0 Å². The molecule has 2 heteroatoms. The first-order chi connectivity index (χ1) is 14.2. The lowest BCUT2D eigenvalue weighted by Crippen LogP contribution is -2.36. The molecule has 1 N–H and O–H groups in total. The summed E-state index contributed by atoms with van der Waals surface area (Å²) < 4.78 is 6.41. The highest BCUT2D eigenvalue weighted by Gasteiger charge is 2.31. The SMILES string of the molecule is CC/C(C)=C/CC/C(C)=C/CC/C(C)=C/CC[C@]1(C)CCc2cc(O)cc(C)c2O1. The molecule has 1 heterocycles. The maximum Gasteiger partial charge on any atom is 0.126 e. The summed E-state index contributed by atoms with van der Waals surface area (Å²) in [7, 11) is 0. The van der Waals surface area contributed by atoms with Crippen molar-refractivity contribution in [3.63, 3.8) is 0 Å². The third-order valence-corrected chi connectivity index (χ3v) is 6.39. The van der Waals surface area contributed by atoms with Gasteiger partial charge in [0.25, 0.3) is 0 Å². The molecule has 1 aliphatic heterocycles. The van der Waals surface area contributed by atoms with E-state index in [-0.39, 0.29) is 5.60 Å². The molecule has 0 saturated carbocycles. The quantitative estimate of drug-likeness (QED) is 0.392. The van der Waals surface area contributed by atoms with E-state index in [1.165, 1.54) is 23.1 Å². The molecule has 0 unspecified atom stereocenters. The van der Waals surface area contributed by atoms with Crippen LogP contribution in [0, 0.1) is 6.92 Å². The van der Waals surface area contributed by atoms with Gasteiger partial charge in [0, 0.05) is 0 Å². The van der Waals surface area contributed by atoms with Crippen LogP contribution in [0.1, 0.15) is 97.1 Å². The van der Waals surface area contributed by atoms with Gasteiger partial charge in [-0.25, -0.2) is 0 Å². The largest absolute Gasteiger partial charge is 0.508 e. The summed E-state index contributed by atoms with van der Waals surface area (Å²) in [4.78, 5) is 0. The van der Waals surface area contributed by atoms with Crippen molar-refractivity contribution in [1.29, 1.82) is 0 Å². The molecule has 0 spiro atoms. The summed E-state index contributed by atoms with van der Waals surface area (Å²) in [5.41, 5.74) is 6.53. The van der Waals surface area contributed by atoms with E-state index in [2.05, 4.69) is 52.8 Å². The maximum absolute atomic E-state index is 9.81. The Balaban J connectivity index is 1.77. The number of phenolic OH excluding ortho intramolecular Hbond substituents is 1. The number of hydrogen-bond acceptors (Lipinski definition) is 2. The Kier molecular flexibility index (Phi) is 9.27. The number of aromatic hydroxyl groups is 1. The van der Waals surface area contributed by atoms with Gasteiger partial charge >= 0.3 is 0 Å². The van der Waals surface area contributed by atoms with Crippen LogP contribution in [0.25, 0.3) is 0 Å². The van der Waals surface area contributed by atoms with Crippen LogP contribution in [-0.4, -0.2) is 10.7 Å². The number of phenols is 1. The molecule has 0 bridgehead atoms. The van der Waals surface area contributed by atoms with Crippen molar-refractivity contribution in [3.8, 4) is 11.5 Å². The molecule has 30 heavy (non-hydrogen) atoms. The summed E-state index contributed by atoms with van der Waals surface area (Å²) in [6.07, 6.45) is 17.0. The molecule has 1 atom stereocenters. The number of rotatable bonds is 10. The van der Waals surface area contributed by atoms with E-state index in [0.717, 1.165) is 68.2 Å². The molecular weight excluding hydrogens is 368 g/mol. The van der Waals surface area contributed by atoms with Crippen molar-refractivity contribution < 1.29 is 9.84 Å². The normalized spacial score (nSPS) is 20.1. The molecule has 2 rings (SSSR count). The van der Waals surface area contributed by atoms with E-state index in [1.54, 1.807) is 6.07 Å². The van der Waals surface area contributed by atoms with Crippen molar-refractivity contribution in [1.82, 2.24) is 0 Å². The van der Waals surface area contributed by atoms with Crippen LogP contribution in [0.2, 0.25) is 0 Å². The minimum atomic E-state index is -0.119. The molecule has 0 amide bonds. The first kappa shape index (κ1) is 24.3. The smallest absolute Gasteiger partial charge is 0.126 e. The van der Waals surface area contributed by atoms with Crippen LogP contribution in [0.15, 0.2) is 47.1 Å². The van der Waals surface area contributed by atoms with Gasteiger partial charge in [-0.05, 0) is 116 Å². The predicted molar refractivity (Wildman–Crippen MR) is 129 cm³/mol. The van der Waals surface area contributed by atoms with Crippen molar-refractivity contribution >= 4 is 0 Å². The van der Waals surface area contributed by atoms with Gasteiger partial charge in [0.1, 0.15) is 17.1 Å². The summed E-state index contributed by atoms with van der Waals surface area (Å²) in [5, 5.41) is 9.81. The lowest BCUT2D eigenvalue weighted by Gasteiger charge is -2.36. The Bertz CT molecular complexity index is 797. The molecule has 1 aromatic carbocycles. The lowest BCUT2D eigenvalue weighted by atomic mass is 9.87. The number of ether oxygens (including phenoxy) is 1. The van der Waals surface area contributed by atoms with Gasteiger partial charge in [-0.2, -0.15) is 0 Å². The Morgan fingerprint density at radius 2 is 1.60 bits per heavy atom. The zero-order valence-electron chi connectivity index (χ0n) is 20.1. The summed E-state index contributed by atoms with van der Waals surface area (Å²) >= 11 is 0. The first-order valence-corrected chi connectivity index (χ1v) is 11.7. The van der Waals surface area contributed by atoms with Crippen molar-refractivity contribution in [2.24, 2.45) is 0 Å². The fourth-order valence-electron chi connectivity index (χ4n) is 4.10. The molecular formula is C28H42O2. The fourth-order valence-corrected chi connectivity index (χ4v) is 4.10. The average Bonchev–Trinajstić information content (AvgIpc) is 2.68. The highest BCUT2D eigenvalue weighted by atomic mass is 16.5. The molecule has 1 aliphatic rings. The number of aryl methyl sites for hydroxylation is 2. The first-order valence-electron chi connectivity index (χ1n) is 11.7. The van der Waals surface area contributed by atoms with Gasteiger partial charge in [-0.3, -0.25) is 0 Å². The molecule has 1 aromatic rings. The summed E-state index contributed by atoms with van der Waals surface area (Å²) in [5.74, 6) is 1.32. The van der Waals surface area contributed by atoms with Crippen LogP contribution < -0.4 is 4.74 Å². The summed E-state index contributed by atoms with van der Waals surface area (Å²) in [6.45, 7) is 13.2. The van der Waals surface area contributed by atoms with E-state index in [4.69, 9.17) is 4.74 Å². The average molecular weight is 411 g/mol. The second kappa shape index (κ2) is 11.4. The van der Waals surface area contributed by atoms with E-state index in [9.17, 15) is 5.11 Å². The number of benzene rings is 1. The number of hydrogen-bond donors (Lipinski definition) is 1. The lowest BCUT2D eigenvalue weighted by molar-refractivity contribution is 0.0561. The summed E-state index contributed by atoms with van der Waals surface area (Å²) in [6, 6.07) is 3.65. The third-order valence-electron chi connectivity index (χ3n) is 6.39. The van der Waals surface area contributed by atoms with E-state index in [0.29, 0.717) is 5.75 Å². The fraction of sp³-hybridized carbons (Fsp3) is 0.571. The number of allylic oxidation sites excluding steroid dienone is 6. The van der Waals surface area contributed by atoms with Crippen LogP contribution in [0.4, 0.5) is 0 Å². The molecule has 2 nitrogen and oxygen atoms in total. The van der Waals surface area contributed by atoms with Crippen LogP contribution in [-0.2, 0) is 6.42 Å². The maximum atomic E-state index is 9.81. The van der Waals surface area contributed by atoms with Gasteiger partial charge < -0.3 is 9.84 Å². The van der Waals surface area contributed by atoms with Gasteiger partial charge in [0.15, 0.2) is 0 Å². The monoisotopic (exact) mass is 410 g/mol. The second-order valence-corrected chi connectivity index (χ2v) is 9.42. The zero-order chi connectivity index (χ0) is 22.1. The predicted octanol–water partition coefficient (Wildman–Crippen LogP) is 8.37. The van der Waals surface area contributed by atoms with Gasteiger partial charge in [0.2, 0.25) is 0 Å². The topological polar surface area (TPSA) is 29.5 Å². The molecule has 166 valence electrons. The highest BCUT2D eigenvalue weighted by Crippen LogP contribution is 2.39. The Morgan fingerprint density at radius 3 is 2.23 bits per heavy atom. The van der Waals surface area contributed by atoms with E-state index < -0.39 is 0 Å². The van der Waals surface area contributed by atoms with Crippen LogP contribution in [0.5, 0.6) is 11.5 Å². The van der Waals surface area contributed by atoms with Gasteiger partial charge in [-0.1, -0.05) is 41.9 Å². The standard InChI is InChI=1S/C28H42O2/c1-7-21(2)11-8-12-22(3)13-9-14-23(4)15-10-17-28(6)18-16-25-20-26(29)19-24(5)27(25)30-28/h11,13,15,19-20,29H,7-10,12,14,16-18H2,1-6H3/b21-11+,22-13+,23-15+/t28-/m1/s1. The van der Waals surface area contributed by atoms with Crippen LogP contribution in [0.3, 0.4) is 0 Å². The molecule has 0 aromatic heterocycles. The minimum absolute atomic E-state index is 0.119. The molecule has 0 aliphatic carbocycles.